The van der Waals surface area contributed by atoms with Crippen molar-refractivity contribution in [3.05, 3.63) is 102 Å². The maximum atomic E-state index is 4.61. The number of nitrogens with one attached hydrogen (secondary N) is 1. The van der Waals surface area contributed by atoms with Crippen LogP contribution in [0.5, 0.6) is 0 Å². The Morgan fingerprint density at radius 3 is 2.53 bits per heavy atom. The average molecular weight is 428 g/mol. The van der Waals surface area contributed by atoms with Crippen LogP contribution in [0.2, 0.25) is 0 Å². The third-order valence-corrected chi connectivity index (χ3v) is 6.02. The molecule has 4 aromatic rings. The molecule has 1 atom stereocenters. The minimum absolute atomic E-state index is 0.0693. The monoisotopic (exact) mass is 427 g/mol. The SMILES string of the molecule is c1ccc(Cn2cnnc2C(c2ccc(Cn3cccn3)cc2)N2CCCNCC2)cc1. The third kappa shape index (κ3) is 4.79. The summed E-state index contributed by atoms with van der Waals surface area (Å²) in [6.45, 7) is 5.60. The molecule has 1 fully saturated rings. The average Bonchev–Trinajstić information content (AvgIpc) is 3.42. The van der Waals surface area contributed by atoms with Crippen LogP contribution in [0, 0.1) is 0 Å². The van der Waals surface area contributed by atoms with Gasteiger partial charge >= 0.3 is 0 Å². The van der Waals surface area contributed by atoms with Gasteiger partial charge in [0.25, 0.3) is 0 Å². The lowest BCUT2D eigenvalue weighted by Gasteiger charge is -2.30. The van der Waals surface area contributed by atoms with Gasteiger partial charge in [0.1, 0.15) is 6.33 Å². The molecule has 1 unspecified atom stereocenters. The van der Waals surface area contributed by atoms with E-state index in [-0.39, 0.29) is 6.04 Å². The van der Waals surface area contributed by atoms with Gasteiger partial charge in [-0.1, -0.05) is 54.6 Å². The van der Waals surface area contributed by atoms with E-state index >= 15 is 0 Å². The highest BCUT2D eigenvalue weighted by Crippen LogP contribution is 2.28. The van der Waals surface area contributed by atoms with Gasteiger partial charge in [-0.25, -0.2) is 0 Å². The quantitative estimate of drug-likeness (QED) is 0.491. The summed E-state index contributed by atoms with van der Waals surface area (Å²) in [7, 11) is 0. The second kappa shape index (κ2) is 9.89. The summed E-state index contributed by atoms with van der Waals surface area (Å²) >= 11 is 0. The van der Waals surface area contributed by atoms with E-state index in [1.54, 1.807) is 0 Å². The van der Waals surface area contributed by atoms with Crippen LogP contribution in [0.3, 0.4) is 0 Å². The van der Waals surface area contributed by atoms with Crippen LogP contribution in [-0.2, 0) is 13.1 Å². The van der Waals surface area contributed by atoms with E-state index in [2.05, 4.69) is 84.7 Å². The molecular formula is C25H29N7. The normalized spacial score (nSPS) is 16.0. The Morgan fingerprint density at radius 1 is 0.875 bits per heavy atom. The van der Waals surface area contributed by atoms with Gasteiger partial charge in [0, 0.05) is 32.0 Å². The summed E-state index contributed by atoms with van der Waals surface area (Å²) in [5.74, 6) is 0.996. The van der Waals surface area contributed by atoms with Crippen molar-refractivity contribution in [2.24, 2.45) is 0 Å². The van der Waals surface area contributed by atoms with Crippen LogP contribution < -0.4 is 5.32 Å². The van der Waals surface area contributed by atoms with Crippen LogP contribution in [0.4, 0.5) is 0 Å². The van der Waals surface area contributed by atoms with E-state index in [0.29, 0.717) is 0 Å². The predicted octanol–water partition coefficient (Wildman–Crippen LogP) is 2.96. The molecule has 0 amide bonds. The van der Waals surface area contributed by atoms with E-state index in [1.165, 1.54) is 16.7 Å². The molecule has 1 saturated heterocycles. The van der Waals surface area contributed by atoms with Crippen molar-refractivity contribution in [2.75, 3.05) is 26.2 Å². The van der Waals surface area contributed by atoms with Crippen molar-refractivity contribution in [3.8, 4) is 0 Å². The zero-order chi connectivity index (χ0) is 21.6. The van der Waals surface area contributed by atoms with E-state index in [0.717, 1.165) is 51.5 Å². The van der Waals surface area contributed by atoms with Gasteiger partial charge in [0.15, 0.2) is 5.82 Å². The van der Waals surface area contributed by atoms with E-state index in [1.807, 2.05) is 29.5 Å². The Bertz CT molecular complexity index is 1080. The first-order valence-electron chi connectivity index (χ1n) is 11.3. The first kappa shape index (κ1) is 20.6. The predicted molar refractivity (Wildman–Crippen MR) is 124 cm³/mol. The molecule has 2 aromatic carbocycles. The Morgan fingerprint density at radius 2 is 1.72 bits per heavy atom. The fourth-order valence-electron chi connectivity index (χ4n) is 4.41. The molecule has 7 heteroatoms. The van der Waals surface area contributed by atoms with Gasteiger partial charge in [0.2, 0.25) is 0 Å². The molecule has 0 aliphatic carbocycles. The Hall–Kier alpha value is -3.29. The minimum Gasteiger partial charge on any atom is -0.315 e. The van der Waals surface area contributed by atoms with Crippen LogP contribution in [0.1, 0.15) is 35.0 Å². The fraction of sp³-hybridized carbons (Fsp3) is 0.320. The summed E-state index contributed by atoms with van der Waals surface area (Å²) in [5, 5.41) is 16.8. The third-order valence-electron chi connectivity index (χ3n) is 6.02. The molecule has 164 valence electrons. The lowest BCUT2D eigenvalue weighted by atomic mass is 10.0. The second-order valence-electron chi connectivity index (χ2n) is 8.29. The summed E-state index contributed by atoms with van der Waals surface area (Å²) in [6, 6.07) is 21.4. The number of aromatic nitrogens is 5. The molecule has 5 rings (SSSR count). The van der Waals surface area contributed by atoms with Crippen molar-refractivity contribution >= 4 is 0 Å². The number of benzene rings is 2. The van der Waals surface area contributed by atoms with Crippen molar-refractivity contribution in [2.45, 2.75) is 25.6 Å². The summed E-state index contributed by atoms with van der Waals surface area (Å²) in [4.78, 5) is 2.54. The summed E-state index contributed by atoms with van der Waals surface area (Å²) in [6.07, 6.45) is 6.79. The molecule has 1 aliphatic rings. The van der Waals surface area contributed by atoms with Crippen LogP contribution in [0.25, 0.3) is 0 Å². The number of rotatable bonds is 7. The molecule has 2 aromatic heterocycles. The Labute approximate surface area is 188 Å². The molecule has 0 radical (unpaired) electrons. The number of hydrogen-bond donors (Lipinski definition) is 1. The highest BCUT2D eigenvalue weighted by molar-refractivity contribution is 5.30. The topological polar surface area (TPSA) is 63.8 Å². The van der Waals surface area contributed by atoms with Gasteiger partial charge in [0.05, 0.1) is 19.1 Å². The minimum atomic E-state index is 0.0693. The molecule has 32 heavy (non-hydrogen) atoms. The first-order valence-corrected chi connectivity index (χ1v) is 11.3. The van der Waals surface area contributed by atoms with Gasteiger partial charge < -0.3 is 9.88 Å². The zero-order valence-electron chi connectivity index (χ0n) is 18.2. The van der Waals surface area contributed by atoms with Gasteiger partial charge in [-0.05, 0) is 35.7 Å². The summed E-state index contributed by atoms with van der Waals surface area (Å²) in [5.41, 5.74) is 3.73. The van der Waals surface area contributed by atoms with Crippen molar-refractivity contribution < 1.29 is 0 Å². The molecule has 0 saturated carbocycles. The van der Waals surface area contributed by atoms with E-state index < -0.39 is 0 Å². The maximum Gasteiger partial charge on any atom is 0.155 e. The first-order chi connectivity index (χ1) is 15.9. The second-order valence-corrected chi connectivity index (χ2v) is 8.29. The smallest absolute Gasteiger partial charge is 0.155 e. The van der Waals surface area contributed by atoms with Gasteiger partial charge in [-0.3, -0.25) is 9.58 Å². The van der Waals surface area contributed by atoms with Crippen LogP contribution in [0.15, 0.2) is 79.4 Å². The van der Waals surface area contributed by atoms with E-state index in [4.69, 9.17) is 0 Å². The highest BCUT2D eigenvalue weighted by atomic mass is 15.3. The van der Waals surface area contributed by atoms with Crippen molar-refractivity contribution in [1.29, 1.82) is 0 Å². The van der Waals surface area contributed by atoms with Gasteiger partial charge in [-0.2, -0.15) is 5.10 Å². The largest absolute Gasteiger partial charge is 0.315 e. The van der Waals surface area contributed by atoms with Crippen molar-refractivity contribution in [3.63, 3.8) is 0 Å². The molecule has 3 heterocycles. The van der Waals surface area contributed by atoms with E-state index in [9.17, 15) is 0 Å². The maximum absolute atomic E-state index is 4.61. The van der Waals surface area contributed by atoms with Crippen LogP contribution >= 0.6 is 0 Å². The lowest BCUT2D eigenvalue weighted by molar-refractivity contribution is 0.229. The van der Waals surface area contributed by atoms with Crippen LogP contribution in [-0.4, -0.2) is 55.6 Å². The zero-order valence-corrected chi connectivity index (χ0v) is 18.2. The molecule has 0 bridgehead atoms. The Kier molecular flexibility index (Phi) is 6.37. The van der Waals surface area contributed by atoms with Gasteiger partial charge in [-0.15, -0.1) is 10.2 Å². The van der Waals surface area contributed by atoms with Crippen molar-refractivity contribution in [1.82, 2.24) is 34.8 Å². The fourth-order valence-corrected chi connectivity index (χ4v) is 4.41. The Balaban J connectivity index is 1.46. The molecule has 7 nitrogen and oxygen atoms in total. The number of nitrogens with zero attached hydrogens (tertiary/aromatic N) is 6. The molecule has 0 spiro atoms. The molecule has 1 aliphatic heterocycles. The standard InChI is InChI=1S/C25H29N7/c1-2-6-21(7-3-1)18-31-20-27-29-25(31)24(30-15-4-12-26-14-17-30)23-10-8-22(9-11-23)19-32-16-5-13-28-32/h1-3,5-11,13,16,20,24,26H,4,12,14-15,17-19H2. The molecule has 1 N–H and O–H groups in total. The molecular weight excluding hydrogens is 398 g/mol. The number of hydrogen-bond acceptors (Lipinski definition) is 5. The summed E-state index contributed by atoms with van der Waals surface area (Å²) < 4.78 is 4.14. The lowest BCUT2D eigenvalue weighted by Crippen LogP contribution is -2.34. The highest BCUT2D eigenvalue weighted by Gasteiger charge is 2.27.